The summed E-state index contributed by atoms with van der Waals surface area (Å²) in [7, 11) is 0. The first-order chi connectivity index (χ1) is 7.25. The number of hydrogen-bond acceptors (Lipinski definition) is 3. The van der Waals surface area contributed by atoms with Crippen LogP contribution in [0.25, 0.3) is 11.0 Å². The summed E-state index contributed by atoms with van der Waals surface area (Å²) in [5.74, 6) is 2.90. The van der Waals surface area contributed by atoms with Crippen molar-refractivity contribution in [2.75, 3.05) is 5.75 Å². The summed E-state index contributed by atoms with van der Waals surface area (Å²) in [6.45, 7) is 2.02. The molecule has 0 spiro atoms. The lowest BCUT2D eigenvalue weighted by Crippen LogP contribution is -2.17. The lowest BCUT2D eigenvalue weighted by Gasteiger charge is -2.01. The highest BCUT2D eigenvalue weighted by molar-refractivity contribution is 7.98. The Morgan fingerprint density at radius 2 is 2.27 bits per heavy atom. The molecule has 0 radical (unpaired) electrons. The van der Waals surface area contributed by atoms with Gasteiger partial charge in [-0.1, -0.05) is 12.1 Å². The van der Waals surface area contributed by atoms with E-state index >= 15 is 0 Å². The maximum Gasteiger partial charge on any atom is 0.117 e. The van der Waals surface area contributed by atoms with Crippen molar-refractivity contribution in [2.24, 2.45) is 5.73 Å². The number of aromatic amines is 1. The molecular formula is C11H15N3S. The van der Waals surface area contributed by atoms with E-state index in [4.69, 9.17) is 5.73 Å². The Morgan fingerprint density at radius 3 is 3.00 bits per heavy atom. The lowest BCUT2D eigenvalue weighted by atomic mass is 10.3. The van der Waals surface area contributed by atoms with Gasteiger partial charge in [-0.25, -0.2) is 4.98 Å². The molecular weight excluding hydrogens is 206 g/mol. The minimum atomic E-state index is 0.249. The van der Waals surface area contributed by atoms with Crippen LogP contribution >= 0.6 is 11.8 Å². The fraction of sp³-hybridized carbons (Fsp3) is 0.364. The van der Waals surface area contributed by atoms with Gasteiger partial charge < -0.3 is 10.7 Å². The number of imidazole rings is 1. The molecule has 0 fully saturated rings. The van der Waals surface area contributed by atoms with Crippen LogP contribution in [-0.2, 0) is 5.75 Å². The Hall–Kier alpha value is -1.00. The van der Waals surface area contributed by atoms with Crippen molar-refractivity contribution in [2.45, 2.75) is 18.7 Å². The minimum Gasteiger partial charge on any atom is -0.341 e. The van der Waals surface area contributed by atoms with E-state index in [0.29, 0.717) is 0 Å². The lowest BCUT2D eigenvalue weighted by molar-refractivity contribution is 0.846. The molecule has 0 aliphatic heterocycles. The Labute approximate surface area is 93.5 Å². The summed E-state index contributed by atoms with van der Waals surface area (Å²) in [5, 5.41) is 0. The molecule has 15 heavy (non-hydrogen) atoms. The minimum absolute atomic E-state index is 0.249. The van der Waals surface area contributed by atoms with Crippen LogP contribution in [0, 0.1) is 0 Å². The number of para-hydroxylation sites is 2. The Bertz CT molecular complexity index is 403. The summed E-state index contributed by atoms with van der Waals surface area (Å²) < 4.78 is 0. The molecule has 1 heterocycles. The van der Waals surface area contributed by atoms with Gasteiger partial charge in [-0.2, -0.15) is 11.8 Å². The van der Waals surface area contributed by atoms with Gasteiger partial charge in [-0.15, -0.1) is 0 Å². The molecule has 0 bridgehead atoms. The van der Waals surface area contributed by atoms with Crippen LogP contribution in [0.15, 0.2) is 24.3 Å². The van der Waals surface area contributed by atoms with Gasteiger partial charge in [0.1, 0.15) is 5.82 Å². The third-order valence-corrected chi connectivity index (χ3v) is 3.30. The van der Waals surface area contributed by atoms with Gasteiger partial charge in [0.05, 0.1) is 16.8 Å². The van der Waals surface area contributed by atoms with Gasteiger partial charge in [0.25, 0.3) is 0 Å². The van der Waals surface area contributed by atoms with Gasteiger partial charge >= 0.3 is 0 Å². The van der Waals surface area contributed by atoms with Crippen LogP contribution < -0.4 is 5.73 Å². The molecule has 1 unspecified atom stereocenters. The summed E-state index contributed by atoms with van der Waals surface area (Å²) in [5.41, 5.74) is 7.82. The fourth-order valence-electron chi connectivity index (χ4n) is 1.42. The largest absolute Gasteiger partial charge is 0.341 e. The van der Waals surface area contributed by atoms with Crippen molar-refractivity contribution < 1.29 is 0 Å². The summed E-state index contributed by atoms with van der Waals surface area (Å²) >= 11 is 1.81. The number of aromatic nitrogens is 2. The van der Waals surface area contributed by atoms with Crippen LogP contribution in [-0.4, -0.2) is 21.8 Å². The molecule has 3 nitrogen and oxygen atoms in total. The Kier molecular flexibility index (Phi) is 3.28. The van der Waals surface area contributed by atoms with Gasteiger partial charge in [0.15, 0.2) is 0 Å². The number of nitrogens with two attached hydrogens (primary N) is 1. The number of fused-ring (bicyclic) bond motifs is 1. The molecule has 4 heteroatoms. The van der Waals surface area contributed by atoms with Crippen LogP contribution in [0.2, 0.25) is 0 Å². The Morgan fingerprint density at radius 1 is 1.47 bits per heavy atom. The number of benzene rings is 1. The maximum atomic E-state index is 5.68. The van der Waals surface area contributed by atoms with E-state index in [1.807, 2.05) is 43.0 Å². The normalized spacial score (nSPS) is 13.2. The smallest absolute Gasteiger partial charge is 0.117 e. The van der Waals surface area contributed by atoms with Gasteiger partial charge in [0.2, 0.25) is 0 Å². The first-order valence-electron chi connectivity index (χ1n) is 5.02. The van der Waals surface area contributed by atoms with Crippen LogP contribution in [0.1, 0.15) is 12.7 Å². The third-order valence-electron chi connectivity index (χ3n) is 2.06. The SMILES string of the molecule is CC(N)CSCc1nc2ccccc2[nH]1. The number of thioether (sulfide) groups is 1. The molecule has 80 valence electrons. The number of H-pyrrole nitrogens is 1. The number of nitrogens with one attached hydrogen (secondary N) is 1. The molecule has 1 aromatic heterocycles. The molecule has 0 amide bonds. The van der Waals surface area contributed by atoms with Gasteiger partial charge in [-0.05, 0) is 19.1 Å². The monoisotopic (exact) mass is 221 g/mol. The van der Waals surface area contributed by atoms with E-state index in [0.717, 1.165) is 28.4 Å². The zero-order chi connectivity index (χ0) is 10.7. The molecule has 0 aliphatic rings. The van der Waals surface area contributed by atoms with Crippen molar-refractivity contribution in [1.29, 1.82) is 0 Å². The van der Waals surface area contributed by atoms with E-state index < -0.39 is 0 Å². The molecule has 2 aromatic rings. The maximum absolute atomic E-state index is 5.68. The third kappa shape index (κ3) is 2.73. The average Bonchev–Trinajstić information content (AvgIpc) is 2.59. The topological polar surface area (TPSA) is 54.7 Å². The van der Waals surface area contributed by atoms with Crippen LogP contribution in [0.3, 0.4) is 0 Å². The van der Waals surface area contributed by atoms with E-state index in [-0.39, 0.29) is 6.04 Å². The second-order valence-electron chi connectivity index (χ2n) is 3.69. The molecule has 2 rings (SSSR count). The van der Waals surface area contributed by atoms with Crippen molar-refractivity contribution in [3.63, 3.8) is 0 Å². The molecule has 1 atom stereocenters. The van der Waals surface area contributed by atoms with Gasteiger partial charge in [-0.3, -0.25) is 0 Å². The summed E-state index contributed by atoms with van der Waals surface area (Å²) in [4.78, 5) is 7.79. The molecule has 3 N–H and O–H groups in total. The average molecular weight is 221 g/mol. The van der Waals surface area contributed by atoms with Crippen molar-refractivity contribution in [1.82, 2.24) is 9.97 Å². The summed E-state index contributed by atoms with van der Waals surface area (Å²) in [6, 6.07) is 8.33. The van der Waals surface area contributed by atoms with Crippen LogP contribution in [0.5, 0.6) is 0 Å². The quantitative estimate of drug-likeness (QED) is 0.831. The van der Waals surface area contributed by atoms with E-state index in [2.05, 4.69) is 9.97 Å². The van der Waals surface area contributed by atoms with E-state index in [1.54, 1.807) is 0 Å². The predicted molar refractivity (Wildman–Crippen MR) is 65.9 cm³/mol. The zero-order valence-electron chi connectivity index (χ0n) is 8.73. The first-order valence-corrected chi connectivity index (χ1v) is 6.18. The second kappa shape index (κ2) is 4.68. The molecule has 1 aromatic carbocycles. The Balaban J connectivity index is 2.03. The molecule has 0 saturated carbocycles. The molecule has 0 aliphatic carbocycles. The van der Waals surface area contributed by atoms with Crippen LogP contribution in [0.4, 0.5) is 0 Å². The highest BCUT2D eigenvalue weighted by Crippen LogP contribution is 2.15. The van der Waals surface area contributed by atoms with Gasteiger partial charge in [0, 0.05) is 11.8 Å². The number of hydrogen-bond donors (Lipinski definition) is 2. The number of nitrogens with zero attached hydrogens (tertiary/aromatic N) is 1. The molecule has 0 saturated heterocycles. The predicted octanol–water partition coefficient (Wildman–Crippen LogP) is 2.14. The standard InChI is InChI=1S/C11H15N3S/c1-8(12)6-15-7-11-13-9-4-2-3-5-10(9)14-11/h2-5,8H,6-7,12H2,1H3,(H,13,14). The van der Waals surface area contributed by atoms with Crippen molar-refractivity contribution >= 4 is 22.8 Å². The highest BCUT2D eigenvalue weighted by atomic mass is 32.2. The van der Waals surface area contributed by atoms with Crippen molar-refractivity contribution in [3.05, 3.63) is 30.1 Å². The van der Waals surface area contributed by atoms with E-state index in [9.17, 15) is 0 Å². The first kappa shape index (κ1) is 10.5. The summed E-state index contributed by atoms with van der Waals surface area (Å²) in [6.07, 6.45) is 0. The fourth-order valence-corrected chi connectivity index (χ4v) is 2.24. The van der Waals surface area contributed by atoms with E-state index in [1.165, 1.54) is 0 Å². The second-order valence-corrected chi connectivity index (χ2v) is 4.72. The zero-order valence-corrected chi connectivity index (χ0v) is 9.55. The highest BCUT2D eigenvalue weighted by Gasteiger charge is 2.02. The number of rotatable bonds is 4. The van der Waals surface area contributed by atoms with Crippen molar-refractivity contribution in [3.8, 4) is 0 Å².